The van der Waals surface area contributed by atoms with Gasteiger partial charge in [0, 0.05) is 13.1 Å². The molecule has 0 amide bonds. The van der Waals surface area contributed by atoms with Gasteiger partial charge in [-0.1, -0.05) is 39.8 Å². The van der Waals surface area contributed by atoms with Crippen molar-refractivity contribution in [3.8, 4) is 0 Å². The van der Waals surface area contributed by atoms with E-state index in [4.69, 9.17) is 0 Å². The second kappa shape index (κ2) is 6.90. The van der Waals surface area contributed by atoms with Crippen molar-refractivity contribution in [1.82, 2.24) is 10.0 Å². The first-order valence-corrected chi connectivity index (χ1v) is 8.83. The van der Waals surface area contributed by atoms with Crippen molar-refractivity contribution in [2.45, 2.75) is 46.1 Å². The van der Waals surface area contributed by atoms with Crippen LogP contribution in [0.2, 0.25) is 0 Å². The van der Waals surface area contributed by atoms with Gasteiger partial charge in [-0.25, -0.2) is 13.1 Å². The molecular weight excluding hydrogens is 284 g/mol. The van der Waals surface area contributed by atoms with Crippen LogP contribution in [0.15, 0.2) is 23.1 Å². The van der Waals surface area contributed by atoms with Gasteiger partial charge in [0.15, 0.2) is 0 Å². The van der Waals surface area contributed by atoms with E-state index in [0.29, 0.717) is 23.9 Å². The van der Waals surface area contributed by atoms with Crippen molar-refractivity contribution in [1.29, 1.82) is 0 Å². The Morgan fingerprint density at radius 3 is 2.38 bits per heavy atom. The molecule has 1 aromatic rings. The number of nitrogens with one attached hydrogen (secondary N) is 2. The molecule has 0 atom stereocenters. The van der Waals surface area contributed by atoms with Crippen molar-refractivity contribution >= 4 is 10.0 Å². The van der Waals surface area contributed by atoms with Gasteiger partial charge in [0.1, 0.15) is 0 Å². The summed E-state index contributed by atoms with van der Waals surface area (Å²) in [6.07, 6.45) is 0. The van der Waals surface area contributed by atoms with Crippen LogP contribution < -0.4 is 10.0 Å². The molecule has 0 aliphatic heterocycles. The smallest absolute Gasteiger partial charge is 0.240 e. The number of sulfonamides is 1. The second-order valence-electron chi connectivity index (χ2n) is 6.54. The summed E-state index contributed by atoms with van der Waals surface area (Å²) >= 11 is 0. The summed E-state index contributed by atoms with van der Waals surface area (Å²) in [7, 11) is -1.63. The van der Waals surface area contributed by atoms with E-state index in [1.165, 1.54) is 0 Å². The summed E-state index contributed by atoms with van der Waals surface area (Å²) in [6.45, 7) is 11.3. The molecule has 0 saturated heterocycles. The summed E-state index contributed by atoms with van der Waals surface area (Å²) in [4.78, 5) is 0.370. The lowest BCUT2D eigenvalue weighted by Gasteiger charge is -2.29. The fraction of sp³-hybridized carbons (Fsp3) is 0.625. The average molecular weight is 312 g/mol. The van der Waals surface area contributed by atoms with Crippen LogP contribution in [-0.4, -0.2) is 22.0 Å². The molecule has 21 heavy (non-hydrogen) atoms. The van der Waals surface area contributed by atoms with Crippen molar-refractivity contribution in [2.75, 3.05) is 13.6 Å². The summed E-state index contributed by atoms with van der Waals surface area (Å²) in [6, 6.07) is 5.41. The fourth-order valence-electron chi connectivity index (χ4n) is 1.90. The van der Waals surface area contributed by atoms with E-state index in [1.54, 1.807) is 12.1 Å². The molecule has 120 valence electrons. The average Bonchev–Trinajstić information content (AvgIpc) is 2.39. The van der Waals surface area contributed by atoms with Crippen LogP contribution in [0.3, 0.4) is 0 Å². The zero-order chi connectivity index (χ0) is 16.3. The lowest BCUT2D eigenvalue weighted by molar-refractivity contribution is 0.252. The van der Waals surface area contributed by atoms with Gasteiger partial charge in [-0.3, -0.25) is 0 Å². The van der Waals surface area contributed by atoms with Gasteiger partial charge in [-0.2, -0.15) is 0 Å². The zero-order valence-electron chi connectivity index (χ0n) is 13.9. The Labute approximate surface area is 129 Å². The van der Waals surface area contributed by atoms with Crippen LogP contribution in [-0.2, 0) is 16.6 Å². The second-order valence-corrected chi connectivity index (χ2v) is 8.27. The fourth-order valence-corrected chi connectivity index (χ4v) is 3.41. The Morgan fingerprint density at radius 1 is 1.24 bits per heavy atom. The molecule has 5 heteroatoms. The molecule has 0 heterocycles. The molecule has 1 rings (SSSR count). The maximum absolute atomic E-state index is 12.5. The Hall–Kier alpha value is -0.910. The largest absolute Gasteiger partial charge is 0.316 e. The van der Waals surface area contributed by atoms with Crippen LogP contribution >= 0.6 is 0 Å². The van der Waals surface area contributed by atoms with E-state index < -0.39 is 10.0 Å². The topological polar surface area (TPSA) is 58.2 Å². The quantitative estimate of drug-likeness (QED) is 0.814. The van der Waals surface area contributed by atoms with Gasteiger partial charge < -0.3 is 5.32 Å². The van der Waals surface area contributed by atoms with E-state index in [1.807, 2.05) is 20.0 Å². The summed E-state index contributed by atoms with van der Waals surface area (Å²) in [5.74, 6) is 0.400. The highest BCUT2D eigenvalue weighted by molar-refractivity contribution is 7.89. The first-order valence-electron chi connectivity index (χ1n) is 7.34. The van der Waals surface area contributed by atoms with Gasteiger partial charge in [-0.15, -0.1) is 0 Å². The molecule has 0 fully saturated rings. The molecule has 0 aliphatic rings. The minimum Gasteiger partial charge on any atom is -0.316 e. The van der Waals surface area contributed by atoms with E-state index >= 15 is 0 Å². The number of benzene rings is 1. The summed E-state index contributed by atoms with van der Waals surface area (Å²) in [5, 5.41) is 3.06. The van der Waals surface area contributed by atoms with E-state index in [-0.39, 0.29) is 5.41 Å². The van der Waals surface area contributed by atoms with Crippen molar-refractivity contribution in [3.63, 3.8) is 0 Å². The first-order chi connectivity index (χ1) is 9.62. The van der Waals surface area contributed by atoms with Crippen molar-refractivity contribution < 1.29 is 8.42 Å². The molecular formula is C16H28N2O2S. The van der Waals surface area contributed by atoms with Gasteiger partial charge in [0.25, 0.3) is 0 Å². The third-order valence-electron chi connectivity index (χ3n) is 4.33. The van der Waals surface area contributed by atoms with Crippen LogP contribution in [0.5, 0.6) is 0 Å². The lowest BCUT2D eigenvalue weighted by Crippen LogP contribution is -2.37. The molecule has 0 spiro atoms. The first kappa shape index (κ1) is 18.1. The lowest BCUT2D eigenvalue weighted by atomic mass is 9.81. The Balaban J connectivity index is 3.01. The molecule has 0 saturated carbocycles. The Morgan fingerprint density at radius 2 is 1.86 bits per heavy atom. The Bertz CT molecular complexity index is 578. The van der Waals surface area contributed by atoms with Crippen LogP contribution in [0, 0.1) is 18.3 Å². The van der Waals surface area contributed by atoms with Crippen LogP contribution in [0.25, 0.3) is 0 Å². The highest BCUT2D eigenvalue weighted by Gasteiger charge is 2.26. The standard InChI is InChI=1S/C16H28N2O2S/c1-12(2)16(4,5)11-18-21(19,20)15-9-7-8-14(10-17-6)13(15)3/h7-9,12,17-18H,10-11H2,1-6H3. The molecule has 0 bridgehead atoms. The minimum atomic E-state index is -3.48. The third kappa shape index (κ3) is 4.53. The predicted octanol–water partition coefficient (Wildman–Crippen LogP) is 2.67. The molecule has 4 nitrogen and oxygen atoms in total. The van der Waals surface area contributed by atoms with E-state index in [2.05, 4.69) is 37.7 Å². The van der Waals surface area contributed by atoms with Crippen LogP contribution in [0.1, 0.15) is 38.8 Å². The molecule has 0 aromatic heterocycles. The summed E-state index contributed by atoms with van der Waals surface area (Å²) in [5.41, 5.74) is 1.73. The van der Waals surface area contributed by atoms with Crippen molar-refractivity contribution in [2.24, 2.45) is 11.3 Å². The molecule has 0 aliphatic carbocycles. The molecule has 1 aromatic carbocycles. The van der Waals surface area contributed by atoms with Gasteiger partial charge in [-0.05, 0) is 42.5 Å². The number of hydrogen-bond donors (Lipinski definition) is 2. The molecule has 0 unspecified atom stereocenters. The van der Waals surface area contributed by atoms with Crippen molar-refractivity contribution in [3.05, 3.63) is 29.3 Å². The Kier molecular flexibility index (Phi) is 5.96. The monoisotopic (exact) mass is 312 g/mol. The molecule has 0 radical (unpaired) electrons. The third-order valence-corrected chi connectivity index (χ3v) is 5.88. The van der Waals surface area contributed by atoms with Gasteiger partial charge >= 0.3 is 0 Å². The normalized spacial score (nSPS) is 12.9. The van der Waals surface area contributed by atoms with Gasteiger partial charge in [0.05, 0.1) is 4.90 Å². The SMILES string of the molecule is CNCc1cccc(S(=O)(=O)NCC(C)(C)C(C)C)c1C. The highest BCUT2D eigenvalue weighted by Crippen LogP contribution is 2.26. The number of rotatable bonds is 7. The highest BCUT2D eigenvalue weighted by atomic mass is 32.2. The number of hydrogen-bond acceptors (Lipinski definition) is 3. The van der Waals surface area contributed by atoms with Gasteiger partial charge in [0.2, 0.25) is 10.0 Å². The maximum Gasteiger partial charge on any atom is 0.240 e. The van der Waals surface area contributed by atoms with E-state index in [9.17, 15) is 8.42 Å². The van der Waals surface area contributed by atoms with Crippen LogP contribution in [0.4, 0.5) is 0 Å². The predicted molar refractivity (Wildman–Crippen MR) is 87.8 cm³/mol. The summed E-state index contributed by atoms with van der Waals surface area (Å²) < 4.78 is 27.9. The minimum absolute atomic E-state index is 0.0798. The van der Waals surface area contributed by atoms with E-state index in [0.717, 1.165) is 11.1 Å². The molecule has 2 N–H and O–H groups in total. The zero-order valence-corrected chi connectivity index (χ0v) is 14.8. The maximum atomic E-state index is 12.5.